The Morgan fingerprint density at radius 3 is 2.91 bits per heavy atom. The zero-order valence-corrected chi connectivity index (χ0v) is 13.9. The highest BCUT2D eigenvalue weighted by Gasteiger charge is 2.56. The first-order valence-corrected chi connectivity index (χ1v) is 7.94. The highest BCUT2D eigenvalue weighted by molar-refractivity contribution is 14.1. The molecule has 3 rings (SSSR count). The van der Waals surface area contributed by atoms with E-state index >= 15 is 0 Å². The van der Waals surface area contributed by atoms with Crippen molar-refractivity contribution in [3.63, 3.8) is 0 Å². The standard InChI is InChI=1S/C14H15FIN3O3/c15-14-3-4-19(16)7-10(14)6-18(13(14)22)8-11-2-1-9(5-17-11)12(20)21/h1-2,5,10H,3-4,6-8H2,(H,20,21)/t10-,14-/m1/s1. The number of hydrogen-bond acceptors (Lipinski definition) is 4. The lowest BCUT2D eigenvalue weighted by Crippen LogP contribution is -2.48. The zero-order valence-electron chi connectivity index (χ0n) is 11.7. The third-order valence-electron chi connectivity index (χ3n) is 4.29. The molecular weight excluding hydrogens is 404 g/mol. The molecular formula is C14H15FIN3O3. The number of halogens is 2. The van der Waals surface area contributed by atoms with E-state index in [2.05, 4.69) is 27.8 Å². The molecule has 0 aromatic carbocycles. The van der Waals surface area contributed by atoms with Gasteiger partial charge in [-0.2, -0.15) is 0 Å². The second kappa shape index (κ2) is 5.73. The van der Waals surface area contributed by atoms with Gasteiger partial charge in [-0.15, -0.1) is 0 Å². The summed E-state index contributed by atoms with van der Waals surface area (Å²) in [5.41, 5.74) is -1.11. The van der Waals surface area contributed by atoms with Gasteiger partial charge in [-0.3, -0.25) is 9.78 Å². The summed E-state index contributed by atoms with van der Waals surface area (Å²) in [6, 6.07) is 3.00. The maximum absolute atomic E-state index is 14.9. The lowest BCUT2D eigenvalue weighted by atomic mass is 9.86. The molecule has 1 aromatic rings. The number of rotatable bonds is 3. The number of alkyl halides is 1. The number of likely N-dealkylation sites (tertiary alicyclic amines) is 1. The number of pyridine rings is 1. The van der Waals surface area contributed by atoms with Gasteiger partial charge in [-0.1, -0.05) is 0 Å². The lowest BCUT2D eigenvalue weighted by Gasteiger charge is -2.33. The number of nitrogens with zero attached hydrogens (tertiary/aromatic N) is 3. The Kier molecular flexibility index (Phi) is 4.06. The molecule has 3 heterocycles. The van der Waals surface area contributed by atoms with Gasteiger partial charge in [0.15, 0.2) is 5.67 Å². The van der Waals surface area contributed by atoms with Gasteiger partial charge >= 0.3 is 5.97 Å². The molecule has 2 aliphatic heterocycles. The molecule has 2 fully saturated rings. The van der Waals surface area contributed by atoms with Crippen LogP contribution < -0.4 is 0 Å². The molecule has 1 aromatic heterocycles. The first-order chi connectivity index (χ1) is 10.4. The van der Waals surface area contributed by atoms with Crippen molar-refractivity contribution in [3.8, 4) is 0 Å². The lowest BCUT2D eigenvalue weighted by molar-refractivity contribution is -0.140. The number of carboxylic acids is 1. The van der Waals surface area contributed by atoms with E-state index in [4.69, 9.17) is 5.11 Å². The Morgan fingerprint density at radius 2 is 2.27 bits per heavy atom. The Hall–Kier alpha value is -1.29. The number of aromatic carboxylic acids is 1. The molecule has 0 saturated carbocycles. The van der Waals surface area contributed by atoms with E-state index in [1.54, 1.807) is 6.07 Å². The van der Waals surface area contributed by atoms with Gasteiger partial charge in [0.05, 0.1) is 17.8 Å². The fourth-order valence-corrected chi connectivity index (χ4v) is 3.75. The molecule has 0 bridgehead atoms. The number of piperidine rings is 1. The SMILES string of the molecule is O=C(O)c1ccc(CN2C[C@@H]3CN(I)CC[C@]3(F)C2=O)nc1. The number of carboxylic acid groups (broad SMARTS) is 1. The largest absolute Gasteiger partial charge is 0.478 e. The molecule has 0 spiro atoms. The second-order valence-electron chi connectivity index (χ2n) is 5.71. The van der Waals surface area contributed by atoms with Gasteiger partial charge < -0.3 is 10.0 Å². The van der Waals surface area contributed by atoms with Crippen molar-refractivity contribution in [1.29, 1.82) is 0 Å². The van der Waals surface area contributed by atoms with Gasteiger partial charge in [-0.25, -0.2) is 12.3 Å². The fraction of sp³-hybridized carbons (Fsp3) is 0.500. The maximum Gasteiger partial charge on any atom is 0.337 e. The van der Waals surface area contributed by atoms with Crippen LogP contribution in [0.5, 0.6) is 0 Å². The van der Waals surface area contributed by atoms with Crippen LogP contribution in [0, 0.1) is 5.92 Å². The highest BCUT2D eigenvalue weighted by atomic mass is 127. The number of carbonyl (C=O) groups is 2. The van der Waals surface area contributed by atoms with E-state index < -0.39 is 17.5 Å². The number of amides is 1. The smallest absolute Gasteiger partial charge is 0.337 e. The van der Waals surface area contributed by atoms with Crippen LogP contribution in [-0.4, -0.2) is 55.3 Å². The van der Waals surface area contributed by atoms with Crippen LogP contribution in [0.3, 0.4) is 0 Å². The van der Waals surface area contributed by atoms with E-state index in [9.17, 15) is 14.0 Å². The number of aromatic nitrogens is 1. The number of fused-ring (bicyclic) bond motifs is 1. The van der Waals surface area contributed by atoms with Gasteiger partial charge in [0, 0.05) is 61.0 Å². The Labute approximate surface area is 140 Å². The Balaban J connectivity index is 1.73. The molecule has 1 amide bonds. The summed E-state index contributed by atoms with van der Waals surface area (Å²) in [6.45, 7) is 1.71. The minimum absolute atomic E-state index is 0.0904. The van der Waals surface area contributed by atoms with Crippen LogP contribution in [0.4, 0.5) is 4.39 Å². The molecule has 0 aliphatic carbocycles. The second-order valence-corrected chi connectivity index (χ2v) is 7.07. The molecule has 0 unspecified atom stereocenters. The summed E-state index contributed by atoms with van der Waals surface area (Å²) in [5.74, 6) is -1.83. The highest BCUT2D eigenvalue weighted by Crippen LogP contribution is 2.40. The molecule has 2 aliphatic rings. The average molecular weight is 419 g/mol. The van der Waals surface area contributed by atoms with E-state index in [0.29, 0.717) is 25.3 Å². The van der Waals surface area contributed by atoms with Crippen molar-refractivity contribution in [2.75, 3.05) is 19.6 Å². The van der Waals surface area contributed by atoms with E-state index in [-0.39, 0.29) is 24.4 Å². The fourth-order valence-electron chi connectivity index (χ4n) is 3.04. The Bertz CT molecular complexity index is 612. The predicted octanol–water partition coefficient (Wildman–Crippen LogP) is 1.50. The van der Waals surface area contributed by atoms with Gasteiger partial charge in [0.25, 0.3) is 5.91 Å². The van der Waals surface area contributed by atoms with E-state index in [0.717, 1.165) is 0 Å². The molecule has 2 atom stereocenters. The van der Waals surface area contributed by atoms with Crippen molar-refractivity contribution in [3.05, 3.63) is 29.6 Å². The predicted molar refractivity (Wildman–Crippen MR) is 84.2 cm³/mol. The van der Waals surface area contributed by atoms with Crippen LogP contribution >= 0.6 is 22.9 Å². The molecule has 0 radical (unpaired) electrons. The van der Waals surface area contributed by atoms with Crippen LogP contribution in [0.15, 0.2) is 18.3 Å². The van der Waals surface area contributed by atoms with Crippen LogP contribution in [0.1, 0.15) is 22.5 Å². The molecule has 1 N–H and O–H groups in total. The quantitative estimate of drug-likeness (QED) is 0.594. The van der Waals surface area contributed by atoms with Gasteiger partial charge in [0.1, 0.15) is 0 Å². The van der Waals surface area contributed by atoms with Crippen LogP contribution in [0.25, 0.3) is 0 Å². The average Bonchev–Trinajstić information content (AvgIpc) is 2.72. The van der Waals surface area contributed by atoms with Crippen molar-refractivity contribution in [1.82, 2.24) is 13.0 Å². The first-order valence-electron chi connectivity index (χ1n) is 6.97. The van der Waals surface area contributed by atoms with Crippen molar-refractivity contribution in [2.24, 2.45) is 5.92 Å². The summed E-state index contributed by atoms with van der Waals surface area (Å²) in [6.07, 6.45) is 1.48. The first kappa shape index (κ1) is 15.6. The third-order valence-corrected chi connectivity index (χ3v) is 5.17. The maximum atomic E-state index is 14.9. The van der Waals surface area contributed by atoms with Crippen molar-refractivity contribution in [2.45, 2.75) is 18.6 Å². The monoisotopic (exact) mass is 419 g/mol. The molecule has 22 heavy (non-hydrogen) atoms. The molecule has 6 nitrogen and oxygen atoms in total. The van der Waals surface area contributed by atoms with Crippen LogP contribution in [-0.2, 0) is 11.3 Å². The topological polar surface area (TPSA) is 73.7 Å². The van der Waals surface area contributed by atoms with Crippen LogP contribution in [0.2, 0.25) is 0 Å². The minimum Gasteiger partial charge on any atom is -0.478 e. The number of carbonyl (C=O) groups excluding carboxylic acids is 1. The zero-order chi connectivity index (χ0) is 15.9. The Morgan fingerprint density at radius 1 is 1.50 bits per heavy atom. The van der Waals surface area contributed by atoms with E-state index in [1.165, 1.54) is 17.2 Å². The molecule has 2 saturated heterocycles. The van der Waals surface area contributed by atoms with Crippen molar-refractivity contribution < 1.29 is 19.1 Å². The summed E-state index contributed by atoms with van der Waals surface area (Å²) < 4.78 is 16.9. The molecule has 118 valence electrons. The molecule has 8 heteroatoms. The third kappa shape index (κ3) is 2.69. The van der Waals surface area contributed by atoms with Gasteiger partial charge in [-0.05, 0) is 12.1 Å². The summed E-state index contributed by atoms with van der Waals surface area (Å²) in [7, 11) is 0. The van der Waals surface area contributed by atoms with E-state index in [1.807, 2.05) is 3.11 Å². The number of hydrogen-bond donors (Lipinski definition) is 1. The van der Waals surface area contributed by atoms with Crippen molar-refractivity contribution >= 4 is 34.7 Å². The summed E-state index contributed by atoms with van der Waals surface area (Å²) >= 11 is 2.16. The van der Waals surface area contributed by atoms with Gasteiger partial charge in [0.2, 0.25) is 0 Å². The minimum atomic E-state index is -1.76. The normalized spacial score (nSPS) is 28.7. The summed E-state index contributed by atoms with van der Waals surface area (Å²) in [4.78, 5) is 28.7. The summed E-state index contributed by atoms with van der Waals surface area (Å²) in [5, 5.41) is 8.84.